The first kappa shape index (κ1) is 13.4. The highest BCUT2D eigenvalue weighted by molar-refractivity contribution is 5.81. The molecule has 0 spiro atoms. The van der Waals surface area contributed by atoms with Crippen LogP contribution in [-0.2, 0) is 11.2 Å². The largest absolute Gasteiger partial charge is 0.345 e. The van der Waals surface area contributed by atoms with Gasteiger partial charge in [0.15, 0.2) is 0 Å². The van der Waals surface area contributed by atoms with Crippen LogP contribution in [0.1, 0.15) is 25.3 Å². The summed E-state index contributed by atoms with van der Waals surface area (Å²) in [4.78, 5) is 30.3. The Morgan fingerprint density at radius 3 is 2.74 bits per heavy atom. The maximum Gasteiger partial charge on any atom is 0.323 e. The minimum absolute atomic E-state index is 0.102. The van der Waals surface area contributed by atoms with Gasteiger partial charge in [0.05, 0.1) is 17.5 Å². The Hall–Kier alpha value is -2.04. The molecule has 0 aliphatic carbocycles. The third kappa shape index (κ3) is 3.24. The van der Waals surface area contributed by atoms with Gasteiger partial charge < -0.3 is 14.9 Å². The Morgan fingerprint density at radius 2 is 2.00 bits per heavy atom. The summed E-state index contributed by atoms with van der Waals surface area (Å²) < 4.78 is 0. The van der Waals surface area contributed by atoms with Gasteiger partial charge in [-0.25, -0.2) is 4.79 Å². The molecular weight excluding hydrogens is 242 g/mol. The fourth-order valence-electron chi connectivity index (χ4n) is 2.02. The molecule has 102 valence electrons. The number of carbonyl (C=O) groups is 1. The number of likely N-dealkylation sites (N-methyl/N-ethyl adjacent to an activating group) is 1. The summed E-state index contributed by atoms with van der Waals surface area (Å²) in [5.74, 6) is 0.102. The Bertz CT molecular complexity index is 627. The van der Waals surface area contributed by atoms with Crippen molar-refractivity contribution in [2.45, 2.75) is 26.2 Å². The molecule has 1 amide bonds. The van der Waals surface area contributed by atoms with Crippen molar-refractivity contribution in [3.05, 3.63) is 34.2 Å². The molecule has 0 saturated heterocycles. The second-order valence-electron chi connectivity index (χ2n) is 4.80. The van der Waals surface area contributed by atoms with E-state index in [-0.39, 0.29) is 11.6 Å². The highest BCUT2D eigenvalue weighted by atomic mass is 16.2. The summed E-state index contributed by atoms with van der Waals surface area (Å²) in [6, 6.07) is 5.54. The van der Waals surface area contributed by atoms with E-state index in [1.54, 1.807) is 4.90 Å². The summed E-state index contributed by atoms with van der Waals surface area (Å²) in [6.45, 7) is 2.90. The number of unbranched alkanes of at least 4 members (excludes halogenated alkanes) is 1. The van der Waals surface area contributed by atoms with Gasteiger partial charge in [0, 0.05) is 13.6 Å². The molecule has 0 bridgehead atoms. The number of imidazole rings is 1. The van der Waals surface area contributed by atoms with Gasteiger partial charge >= 0.3 is 5.69 Å². The van der Waals surface area contributed by atoms with Crippen molar-refractivity contribution in [3.8, 4) is 0 Å². The van der Waals surface area contributed by atoms with Gasteiger partial charge in [0.2, 0.25) is 5.91 Å². The average molecular weight is 261 g/mol. The van der Waals surface area contributed by atoms with Crippen LogP contribution in [0.2, 0.25) is 0 Å². The Kier molecular flexibility index (Phi) is 4.04. The molecule has 2 rings (SSSR count). The van der Waals surface area contributed by atoms with Crippen LogP contribution in [0, 0.1) is 0 Å². The fourth-order valence-corrected chi connectivity index (χ4v) is 2.02. The Morgan fingerprint density at radius 1 is 1.26 bits per heavy atom. The van der Waals surface area contributed by atoms with Crippen LogP contribution < -0.4 is 5.69 Å². The zero-order chi connectivity index (χ0) is 13.8. The van der Waals surface area contributed by atoms with E-state index in [4.69, 9.17) is 0 Å². The highest BCUT2D eigenvalue weighted by Gasteiger charge is 2.10. The first-order valence-electron chi connectivity index (χ1n) is 6.55. The molecule has 0 fully saturated rings. The number of nitrogens with zero attached hydrogens (tertiary/aromatic N) is 1. The molecule has 0 aliphatic heterocycles. The molecule has 19 heavy (non-hydrogen) atoms. The number of amides is 1. The number of aromatic nitrogens is 2. The predicted octanol–water partition coefficient (Wildman–Crippen LogP) is 1.66. The highest BCUT2D eigenvalue weighted by Crippen LogP contribution is 2.11. The maximum absolute atomic E-state index is 12.0. The smallest absolute Gasteiger partial charge is 0.323 e. The number of carbonyl (C=O) groups excluding carboxylic acids is 1. The van der Waals surface area contributed by atoms with E-state index in [1.165, 1.54) is 0 Å². The van der Waals surface area contributed by atoms with Crippen LogP contribution >= 0.6 is 0 Å². The molecule has 1 aromatic heterocycles. The van der Waals surface area contributed by atoms with Crippen molar-refractivity contribution in [2.75, 3.05) is 13.6 Å². The Labute approximate surface area is 111 Å². The van der Waals surface area contributed by atoms with Crippen molar-refractivity contribution in [1.82, 2.24) is 14.9 Å². The number of aromatic amines is 2. The minimum Gasteiger partial charge on any atom is -0.345 e. The van der Waals surface area contributed by atoms with Gasteiger partial charge in [0.1, 0.15) is 0 Å². The standard InChI is InChI=1S/C14H19N3O2/c1-3-4-7-17(2)13(18)9-10-5-6-11-12(8-10)16-14(19)15-11/h5-6,8H,3-4,7,9H2,1-2H3,(H2,15,16,19). The summed E-state index contributed by atoms with van der Waals surface area (Å²) in [5.41, 5.74) is 2.20. The quantitative estimate of drug-likeness (QED) is 0.859. The molecule has 5 heteroatoms. The van der Waals surface area contributed by atoms with Crippen LogP contribution in [0.25, 0.3) is 11.0 Å². The molecule has 1 aromatic carbocycles. The van der Waals surface area contributed by atoms with Gasteiger partial charge in [-0.15, -0.1) is 0 Å². The predicted molar refractivity (Wildman–Crippen MR) is 75.2 cm³/mol. The second kappa shape index (κ2) is 5.73. The average Bonchev–Trinajstić information content (AvgIpc) is 2.75. The summed E-state index contributed by atoms with van der Waals surface area (Å²) in [6.07, 6.45) is 2.46. The molecule has 0 atom stereocenters. The third-order valence-corrected chi connectivity index (χ3v) is 3.21. The molecule has 0 radical (unpaired) electrons. The number of H-pyrrole nitrogens is 2. The molecule has 0 saturated carbocycles. The summed E-state index contributed by atoms with van der Waals surface area (Å²) in [7, 11) is 1.83. The SMILES string of the molecule is CCCCN(C)C(=O)Cc1ccc2[nH]c(=O)[nH]c2c1. The number of nitrogens with one attached hydrogen (secondary N) is 2. The lowest BCUT2D eigenvalue weighted by molar-refractivity contribution is -0.129. The zero-order valence-electron chi connectivity index (χ0n) is 11.3. The topological polar surface area (TPSA) is 69.0 Å². The van der Waals surface area contributed by atoms with Crippen molar-refractivity contribution in [1.29, 1.82) is 0 Å². The first-order valence-corrected chi connectivity index (χ1v) is 6.55. The third-order valence-electron chi connectivity index (χ3n) is 3.21. The molecule has 0 aliphatic rings. The second-order valence-corrected chi connectivity index (χ2v) is 4.80. The van der Waals surface area contributed by atoms with Crippen molar-refractivity contribution in [2.24, 2.45) is 0 Å². The lowest BCUT2D eigenvalue weighted by Gasteiger charge is -2.16. The van der Waals surface area contributed by atoms with Gasteiger partial charge in [-0.05, 0) is 24.1 Å². The molecular formula is C14H19N3O2. The lowest BCUT2D eigenvalue weighted by atomic mass is 10.1. The van der Waals surface area contributed by atoms with E-state index in [2.05, 4.69) is 16.9 Å². The number of fused-ring (bicyclic) bond motifs is 1. The number of rotatable bonds is 5. The molecule has 5 nitrogen and oxygen atoms in total. The van der Waals surface area contributed by atoms with E-state index in [0.29, 0.717) is 6.42 Å². The van der Waals surface area contributed by atoms with Crippen LogP contribution in [0.3, 0.4) is 0 Å². The number of hydrogen-bond donors (Lipinski definition) is 2. The normalized spacial score (nSPS) is 10.8. The minimum atomic E-state index is -0.224. The van der Waals surface area contributed by atoms with Gasteiger partial charge in [0.25, 0.3) is 0 Å². The van der Waals surface area contributed by atoms with Crippen molar-refractivity contribution in [3.63, 3.8) is 0 Å². The maximum atomic E-state index is 12.0. The van der Waals surface area contributed by atoms with E-state index in [9.17, 15) is 9.59 Å². The summed E-state index contributed by atoms with van der Waals surface area (Å²) in [5, 5.41) is 0. The Balaban J connectivity index is 2.08. The van der Waals surface area contributed by atoms with Crippen LogP contribution in [0.4, 0.5) is 0 Å². The van der Waals surface area contributed by atoms with Crippen LogP contribution in [-0.4, -0.2) is 34.4 Å². The first-order chi connectivity index (χ1) is 9.10. The van der Waals surface area contributed by atoms with E-state index in [0.717, 1.165) is 36.0 Å². The lowest BCUT2D eigenvalue weighted by Crippen LogP contribution is -2.29. The summed E-state index contributed by atoms with van der Waals surface area (Å²) >= 11 is 0. The van der Waals surface area contributed by atoms with Gasteiger partial charge in [-0.2, -0.15) is 0 Å². The van der Waals surface area contributed by atoms with Gasteiger partial charge in [-0.1, -0.05) is 19.4 Å². The van der Waals surface area contributed by atoms with Crippen LogP contribution in [0.15, 0.2) is 23.0 Å². The molecule has 2 aromatic rings. The molecule has 0 unspecified atom stereocenters. The van der Waals surface area contributed by atoms with Crippen LogP contribution in [0.5, 0.6) is 0 Å². The number of benzene rings is 1. The van der Waals surface area contributed by atoms with Crippen molar-refractivity contribution < 1.29 is 4.79 Å². The van der Waals surface area contributed by atoms with E-state index >= 15 is 0 Å². The van der Waals surface area contributed by atoms with E-state index < -0.39 is 0 Å². The van der Waals surface area contributed by atoms with Crippen molar-refractivity contribution >= 4 is 16.9 Å². The van der Waals surface area contributed by atoms with Gasteiger partial charge in [-0.3, -0.25) is 4.79 Å². The van der Waals surface area contributed by atoms with E-state index in [1.807, 2.05) is 25.2 Å². The fraction of sp³-hybridized carbons (Fsp3) is 0.429. The number of hydrogen-bond acceptors (Lipinski definition) is 2. The molecule has 1 heterocycles. The zero-order valence-corrected chi connectivity index (χ0v) is 11.3. The molecule has 2 N–H and O–H groups in total. The monoisotopic (exact) mass is 261 g/mol.